The predicted octanol–water partition coefficient (Wildman–Crippen LogP) is 4.17. The van der Waals surface area contributed by atoms with Crippen LogP contribution in [0.1, 0.15) is 18.4 Å². The number of nitrogens with one attached hydrogen (secondary N) is 1. The van der Waals surface area contributed by atoms with E-state index >= 15 is 0 Å². The van der Waals surface area contributed by atoms with Crippen molar-refractivity contribution in [3.05, 3.63) is 47.1 Å². The number of halogens is 1. The molecule has 0 bridgehead atoms. The Kier molecular flexibility index (Phi) is 4.84. The molecule has 3 N–H and O–H groups in total. The van der Waals surface area contributed by atoms with Crippen molar-refractivity contribution in [3.63, 3.8) is 0 Å². The van der Waals surface area contributed by atoms with Gasteiger partial charge in [-0.1, -0.05) is 11.6 Å². The van der Waals surface area contributed by atoms with Gasteiger partial charge in [0.1, 0.15) is 0 Å². The maximum absolute atomic E-state index is 6.19. The second kappa shape index (κ2) is 7.02. The van der Waals surface area contributed by atoms with Gasteiger partial charge in [0.2, 0.25) is 5.88 Å². The molecule has 1 aromatic carbocycles. The van der Waals surface area contributed by atoms with Gasteiger partial charge in [0, 0.05) is 22.1 Å². The quantitative estimate of drug-likeness (QED) is 0.667. The number of aromatic nitrogens is 2. The number of nitrogens with two attached hydrogens (primary N) is 1. The second-order valence-corrected chi connectivity index (χ2v) is 5.91. The summed E-state index contributed by atoms with van der Waals surface area (Å²) in [6.45, 7) is 0.703. The van der Waals surface area contributed by atoms with E-state index in [2.05, 4.69) is 9.97 Å². The van der Waals surface area contributed by atoms with Gasteiger partial charge in [-0.15, -0.1) is 0 Å². The smallest absolute Gasteiger partial charge is 0.222 e. The fraction of sp³-hybridized carbons (Fsp3) is 0.278. The van der Waals surface area contributed by atoms with Crippen LogP contribution < -0.4 is 10.5 Å². The number of aryl methyl sites for hydroxylation is 1. The van der Waals surface area contributed by atoms with E-state index in [9.17, 15) is 0 Å². The Morgan fingerprint density at radius 2 is 2.13 bits per heavy atom. The minimum atomic E-state index is 0.616. The molecule has 0 spiro atoms. The summed E-state index contributed by atoms with van der Waals surface area (Å²) in [5.41, 5.74) is 9.96. The number of nitrogens with zero attached hydrogens (tertiary/aromatic N) is 1. The van der Waals surface area contributed by atoms with Crippen LogP contribution in [0.3, 0.4) is 0 Å². The molecule has 0 aliphatic heterocycles. The number of ether oxygens (including phenoxy) is 1. The maximum Gasteiger partial charge on any atom is 0.222 e. The molecule has 2 heterocycles. The number of aromatic amines is 1. The first kappa shape index (κ1) is 15.8. The monoisotopic (exact) mass is 329 g/mol. The van der Waals surface area contributed by atoms with E-state index < -0.39 is 0 Å². The molecule has 2 aromatic heterocycles. The molecule has 0 saturated carbocycles. The molecule has 120 valence electrons. The van der Waals surface area contributed by atoms with Crippen molar-refractivity contribution in [1.82, 2.24) is 9.97 Å². The lowest BCUT2D eigenvalue weighted by Gasteiger charge is -2.08. The van der Waals surface area contributed by atoms with Crippen LogP contribution in [0.2, 0.25) is 5.02 Å². The van der Waals surface area contributed by atoms with Crippen LogP contribution in [-0.4, -0.2) is 23.6 Å². The number of methoxy groups -OCH3 is 1. The number of H-pyrrole nitrogens is 1. The Labute approximate surface area is 140 Å². The summed E-state index contributed by atoms with van der Waals surface area (Å²) in [7, 11) is 1.64. The van der Waals surface area contributed by atoms with Crippen LogP contribution in [-0.2, 0) is 6.42 Å². The van der Waals surface area contributed by atoms with Gasteiger partial charge in [-0.2, -0.15) is 0 Å². The highest BCUT2D eigenvalue weighted by Crippen LogP contribution is 2.36. The predicted molar refractivity (Wildman–Crippen MR) is 95.1 cm³/mol. The molecule has 0 radical (unpaired) electrons. The third-order valence-electron chi connectivity index (χ3n) is 3.98. The number of fused-ring (bicyclic) bond motifs is 1. The maximum atomic E-state index is 6.19. The number of pyridine rings is 1. The SMILES string of the molecule is COc1ncccc1-c1[nH]c2ccc(Cl)cc2c1CCCCN. The van der Waals surface area contributed by atoms with Crippen LogP contribution in [0.15, 0.2) is 36.5 Å². The van der Waals surface area contributed by atoms with Crippen molar-refractivity contribution in [2.45, 2.75) is 19.3 Å². The number of unbranched alkanes of at least 4 members (excludes halogenated alkanes) is 1. The molecule has 4 nitrogen and oxygen atoms in total. The van der Waals surface area contributed by atoms with Gasteiger partial charge in [0.25, 0.3) is 0 Å². The standard InChI is InChI=1S/C18H20ClN3O/c1-23-18-14(6-4-10-21-18)17-13(5-2-3-9-20)15-11-12(19)7-8-16(15)22-17/h4,6-8,10-11,22H,2-3,5,9,20H2,1H3. The second-order valence-electron chi connectivity index (χ2n) is 5.47. The van der Waals surface area contributed by atoms with E-state index in [0.717, 1.165) is 46.4 Å². The highest BCUT2D eigenvalue weighted by atomic mass is 35.5. The Bertz CT molecular complexity index is 813. The Morgan fingerprint density at radius 3 is 2.91 bits per heavy atom. The van der Waals surface area contributed by atoms with Crippen LogP contribution >= 0.6 is 11.6 Å². The third-order valence-corrected chi connectivity index (χ3v) is 4.22. The summed E-state index contributed by atoms with van der Waals surface area (Å²) in [6, 6.07) is 9.85. The van der Waals surface area contributed by atoms with Gasteiger partial charge in [0.05, 0.1) is 18.4 Å². The summed E-state index contributed by atoms with van der Waals surface area (Å²) in [6.07, 6.45) is 4.70. The van der Waals surface area contributed by atoms with Crippen LogP contribution in [0.4, 0.5) is 0 Å². The lowest BCUT2D eigenvalue weighted by Crippen LogP contribution is -1.99. The Hall–Kier alpha value is -2.04. The van der Waals surface area contributed by atoms with Gasteiger partial charge < -0.3 is 15.5 Å². The minimum Gasteiger partial charge on any atom is -0.481 e. The Balaban J connectivity index is 2.16. The molecular formula is C18H20ClN3O. The third kappa shape index (κ3) is 3.19. The van der Waals surface area contributed by atoms with Crippen LogP contribution in [0, 0.1) is 0 Å². The summed E-state index contributed by atoms with van der Waals surface area (Å²) < 4.78 is 5.42. The van der Waals surface area contributed by atoms with Crippen molar-refractivity contribution in [2.75, 3.05) is 13.7 Å². The molecule has 23 heavy (non-hydrogen) atoms. The van der Waals surface area contributed by atoms with E-state index in [4.69, 9.17) is 22.1 Å². The van der Waals surface area contributed by atoms with Crippen molar-refractivity contribution in [3.8, 4) is 17.1 Å². The lowest BCUT2D eigenvalue weighted by atomic mass is 10.0. The molecular weight excluding hydrogens is 310 g/mol. The van der Waals surface area contributed by atoms with Gasteiger partial charge in [-0.25, -0.2) is 4.98 Å². The van der Waals surface area contributed by atoms with Crippen molar-refractivity contribution in [2.24, 2.45) is 5.73 Å². The van der Waals surface area contributed by atoms with Gasteiger partial charge in [-0.05, 0) is 61.7 Å². The molecule has 0 saturated heterocycles. The molecule has 0 atom stereocenters. The largest absolute Gasteiger partial charge is 0.481 e. The molecule has 0 aliphatic rings. The molecule has 0 unspecified atom stereocenters. The first-order chi connectivity index (χ1) is 11.2. The van der Waals surface area contributed by atoms with Crippen molar-refractivity contribution < 1.29 is 4.74 Å². The number of hydrogen-bond acceptors (Lipinski definition) is 3. The van der Waals surface area contributed by atoms with E-state index in [1.807, 2.05) is 30.3 Å². The average molecular weight is 330 g/mol. The zero-order valence-electron chi connectivity index (χ0n) is 13.1. The molecule has 0 amide bonds. The first-order valence-electron chi connectivity index (χ1n) is 7.74. The highest BCUT2D eigenvalue weighted by molar-refractivity contribution is 6.31. The fourth-order valence-electron chi connectivity index (χ4n) is 2.90. The Morgan fingerprint density at radius 1 is 1.26 bits per heavy atom. The van der Waals surface area contributed by atoms with Crippen LogP contribution in [0.5, 0.6) is 5.88 Å². The van der Waals surface area contributed by atoms with E-state index in [1.54, 1.807) is 13.3 Å². The molecule has 3 aromatic rings. The number of hydrogen-bond donors (Lipinski definition) is 2. The summed E-state index contributed by atoms with van der Waals surface area (Å²) in [5, 5.41) is 1.89. The minimum absolute atomic E-state index is 0.616. The molecule has 5 heteroatoms. The topological polar surface area (TPSA) is 63.9 Å². The highest BCUT2D eigenvalue weighted by Gasteiger charge is 2.16. The lowest BCUT2D eigenvalue weighted by molar-refractivity contribution is 0.399. The van der Waals surface area contributed by atoms with E-state index in [0.29, 0.717) is 12.4 Å². The summed E-state index contributed by atoms with van der Waals surface area (Å²) in [5.74, 6) is 0.616. The van der Waals surface area contributed by atoms with E-state index in [1.165, 1.54) is 5.56 Å². The zero-order chi connectivity index (χ0) is 16.2. The van der Waals surface area contributed by atoms with Gasteiger partial charge in [0.15, 0.2) is 0 Å². The zero-order valence-corrected chi connectivity index (χ0v) is 13.9. The molecule has 0 fully saturated rings. The summed E-state index contributed by atoms with van der Waals surface area (Å²) >= 11 is 6.19. The van der Waals surface area contributed by atoms with Gasteiger partial charge >= 0.3 is 0 Å². The van der Waals surface area contributed by atoms with Crippen molar-refractivity contribution >= 4 is 22.5 Å². The fourth-order valence-corrected chi connectivity index (χ4v) is 3.07. The summed E-state index contributed by atoms with van der Waals surface area (Å²) in [4.78, 5) is 7.81. The molecule has 3 rings (SSSR count). The number of benzene rings is 1. The van der Waals surface area contributed by atoms with E-state index in [-0.39, 0.29) is 0 Å². The normalized spacial score (nSPS) is 11.1. The van der Waals surface area contributed by atoms with Crippen molar-refractivity contribution in [1.29, 1.82) is 0 Å². The van der Waals surface area contributed by atoms with Crippen LogP contribution in [0.25, 0.3) is 22.2 Å². The average Bonchev–Trinajstić information content (AvgIpc) is 2.93. The van der Waals surface area contributed by atoms with Gasteiger partial charge in [-0.3, -0.25) is 0 Å². The number of rotatable bonds is 6. The molecule has 0 aliphatic carbocycles. The first-order valence-corrected chi connectivity index (χ1v) is 8.12.